The molecular weight excluding hydrogens is 162 g/mol. The molecule has 1 aliphatic heterocycles. The Hall–Kier alpha value is -0.0800. The van der Waals surface area contributed by atoms with Crippen LogP contribution in [0.4, 0.5) is 0 Å². The van der Waals surface area contributed by atoms with Crippen LogP contribution in [0.5, 0.6) is 0 Å². The van der Waals surface area contributed by atoms with E-state index in [0.29, 0.717) is 12.5 Å². The summed E-state index contributed by atoms with van der Waals surface area (Å²) in [5, 5.41) is 12.6. The zero-order valence-electron chi connectivity index (χ0n) is 8.34. The van der Waals surface area contributed by atoms with Crippen LogP contribution in [0.15, 0.2) is 0 Å². The number of nitrogens with one attached hydrogen (secondary N) is 1. The lowest BCUT2D eigenvalue weighted by atomic mass is 9.82. The molecule has 2 rings (SSSR count). The van der Waals surface area contributed by atoms with Crippen molar-refractivity contribution >= 4 is 0 Å². The highest BCUT2D eigenvalue weighted by Crippen LogP contribution is 2.31. The van der Waals surface area contributed by atoms with Gasteiger partial charge in [-0.25, -0.2) is 0 Å². The Labute approximate surface area is 80.7 Å². The standard InChI is InChI=1S/C11H21NO/c13-8-9-6-11(12-7-9)10-4-2-1-3-5-10/h9-13H,1-8H2. The summed E-state index contributed by atoms with van der Waals surface area (Å²) in [7, 11) is 0. The largest absolute Gasteiger partial charge is 0.396 e. The van der Waals surface area contributed by atoms with Crippen LogP contribution in [0.25, 0.3) is 0 Å². The van der Waals surface area contributed by atoms with Crippen molar-refractivity contribution < 1.29 is 5.11 Å². The predicted molar refractivity (Wildman–Crippen MR) is 53.6 cm³/mol. The summed E-state index contributed by atoms with van der Waals surface area (Å²) in [6, 6.07) is 0.720. The molecule has 0 aromatic carbocycles. The summed E-state index contributed by atoms with van der Waals surface area (Å²) >= 11 is 0. The van der Waals surface area contributed by atoms with Gasteiger partial charge in [-0.05, 0) is 31.1 Å². The summed E-state index contributed by atoms with van der Waals surface area (Å²) in [5.74, 6) is 1.44. The summed E-state index contributed by atoms with van der Waals surface area (Å²) in [6.07, 6.45) is 8.32. The van der Waals surface area contributed by atoms with Crippen LogP contribution in [0.1, 0.15) is 38.5 Å². The molecule has 2 atom stereocenters. The molecule has 2 aliphatic rings. The highest BCUT2D eigenvalue weighted by molar-refractivity contribution is 4.87. The van der Waals surface area contributed by atoms with Gasteiger partial charge in [0.2, 0.25) is 0 Å². The minimum absolute atomic E-state index is 0.371. The first-order valence-electron chi connectivity index (χ1n) is 5.74. The van der Waals surface area contributed by atoms with Gasteiger partial charge in [0.05, 0.1) is 0 Å². The fourth-order valence-corrected chi connectivity index (χ4v) is 2.88. The van der Waals surface area contributed by atoms with Crippen molar-refractivity contribution in [3.63, 3.8) is 0 Å². The fraction of sp³-hybridized carbons (Fsp3) is 1.00. The lowest BCUT2D eigenvalue weighted by Gasteiger charge is -2.27. The van der Waals surface area contributed by atoms with E-state index in [9.17, 15) is 0 Å². The van der Waals surface area contributed by atoms with E-state index >= 15 is 0 Å². The number of aliphatic hydroxyl groups is 1. The van der Waals surface area contributed by atoms with Gasteiger partial charge in [0.1, 0.15) is 0 Å². The molecule has 1 aliphatic carbocycles. The fourth-order valence-electron chi connectivity index (χ4n) is 2.88. The van der Waals surface area contributed by atoms with Crippen molar-refractivity contribution in [1.82, 2.24) is 5.32 Å². The van der Waals surface area contributed by atoms with Crippen molar-refractivity contribution in [3.05, 3.63) is 0 Å². The third kappa shape index (κ3) is 2.23. The van der Waals surface area contributed by atoms with E-state index in [1.54, 1.807) is 0 Å². The first-order valence-corrected chi connectivity index (χ1v) is 5.74. The molecule has 1 heterocycles. The average Bonchev–Trinajstić information content (AvgIpc) is 2.67. The summed E-state index contributed by atoms with van der Waals surface area (Å²) in [5.41, 5.74) is 0. The van der Waals surface area contributed by atoms with Gasteiger partial charge in [-0.15, -0.1) is 0 Å². The van der Waals surface area contributed by atoms with Crippen LogP contribution >= 0.6 is 0 Å². The smallest absolute Gasteiger partial charge is 0.0471 e. The van der Waals surface area contributed by atoms with Crippen LogP contribution < -0.4 is 5.32 Å². The lowest BCUT2D eigenvalue weighted by molar-refractivity contribution is 0.227. The highest BCUT2D eigenvalue weighted by Gasteiger charge is 2.30. The molecule has 0 aromatic rings. The van der Waals surface area contributed by atoms with Crippen LogP contribution in [0, 0.1) is 11.8 Å². The van der Waals surface area contributed by atoms with E-state index in [1.807, 2.05) is 0 Å². The molecule has 0 amide bonds. The summed E-state index contributed by atoms with van der Waals surface area (Å²) in [6.45, 7) is 1.41. The number of hydrogen-bond donors (Lipinski definition) is 2. The first kappa shape index (κ1) is 9.47. The number of rotatable bonds is 2. The van der Waals surface area contributed by atoms with Gasteiger partial charge in [-0.2, -0.15) is 0 Å². The molecule has 0 aromatic heterocycles. The maximum Gasteiger partial charge on any atom is 0.0471 e. The Morgan fingerprint density at radius 2 is 1.92 bits per heavy atom. The quantitative estimate of drug-likeness (QED) is 0.680. The van der Waals surface area contributed by atoms with Gasteiger partial charge in [0.15, 0.2) is 0 Å². The molecule has 0 radical (unpaired) electrons. The van der Waals surface area contributed by atoms with Crippen LogP contribution in [-0.2, 0) is 0 Å². The second kappa shape index (κ2) is 4.43. The van der Waals surface area contributed by atoms with Crippen molar-refractivity contribution in [2.24, 2.45) is 11.8 Å². The minimum atomic E-state index is 0.371. The van der Waals surface area contributed by atoms with Gasteiger partial charge in [0, 0.05) is 19.2 Å². The third-order valence-corrected chi connectivity index (χ3v) is 3.73. The van der Waals surface area contributed by atoms with Gasteiger partial charge in [-0.1, -0.05) is 19.3 Å². The van der Waals surface area contributed by atoms with Crippen molar-refractivity contribution in [2.75, 3.05) is 13.2 Å². The van der Waals surface area contributed by atoms with Crippen LogP contribution in [0.2, 0.25) is 0 Å². The summed E-state index contributed by atoms with van der Waals surface area (Å²) in [4.78, 5) is 0. The maximum atomic E-state index is 9.04. The zero-order chi connectivity index (χ0) is 9.10. The highest BCUT2D eigenvalue weighted by atomic mass is 16.3. The van der Waals surface area contributed by atoms with Crippen LogP contribution in [-0.4, -0.2) is 24.3 Å². The topological polar surface area (TPSA) is 32.3 Å². The first-order chi connectivity index (χ1) is 6.40. The van der Waals surface area contributed by atoms with Crippen LogP contribution in [0.3, 0.4) is 0 Å². The summed E-state index contributed by atoms with van der Waals surface area (Å²) < 4.78 is 0. The number of aliphatic hydroxyl groups excluding tert-OH is 1. The van der Waals surface area contributed by atoms with Gasteiger partial charge >= 0.3 is 0 Å². The molecule has 0 spiro atoms. The van der Waals surface area contributed by atoms with Crippen molar-refractivity contribution in [1.29, 1.82) is 0 Å². The molecule has 76 valence electrons. The molecule has 2 fully saturated rings. The average molecular weight is 183 g/mol. The second-order valence-corrected chi connectivity index (χ2v) is 4.70. The van der Waals surface area contributed by atoms with Gasteiger partial charge < -0.3 is 10.4 Å². The molecule has 1 saturated heterocycles. The SMILES string of the molecule is OCC1CNC(C2CCCCC2)C1. The van der Waals surface area contributed by atoms with Crippen molar-refractivity contribution in [2.45, 2.75) is 44.6 Å². The molecule has 2 unspecified atom stereocenters. The van der Waals surface area contributed by atoms with Crippen molar-refractivity contribution in [3.8, 4) is 0 Å². The van der Waals surface area contributed by atoms with Gasteiger partial charge in [-0.3, -0.25) is 0 Å². The van der Waals surface area contributed by atoms with E-state index in [1.165, 1.54) is 38.5 Å². The maximum absolute atomic E-state index is 9.04. The molecule has 2 heteroatoms. The van der Waals surface area contributed by atoms with E-state index < -0.39 is 0 Å². The molecular formula is C11H21NO. The van der Waals surface area contributed by atoms with E-state index in [-0.39, 0.29) is 0 Å². The molecule has 2 nitrogen and oxygen atoms in total. The Kier molecular flexibility index (Phi) is 3.23. The van der Waals surface area contributed by atoms with Gasteiger partial charge in [0.25, 0.3) is 0 Å². The Morgan fingerprint density at radius 3 is 2.54 bits per heavy atom. The molecule has 0 bridgehead atoms. The van der Waals surface area contributed by atoms with E-state index in [4.69, 9.17) is 5.11 Å². The Bertz CT molecular complexity index is 154. The molecule has 1 saturated carbocycles. The van der Waals surface area contributed by atoms with E-state index in [0.717, 1.165) is 18.5 Å². The normalized spacial score (nSPS) is 36.7. The lowest BCUT2D eigenvalue weighted by Crippen LogP contribution is -2.31. The Morgan fingerprint density at radius 1 is 1.15 bits per heavy atom. The predicted octanol–water partition coefficient (Wildman–Crippen LogP) is 1.54. The monoisotopic (exact) mass is 183 g/mol. The third-order valence-electron chi connectivity index (χ3n) is 3.73. The molecule has 13 heavy (non-hydrogen) atoms. The van der Waals surface area contributed by atoms with E-state index in [2.05, 4.69) is 5.32 Å². The minimum Gasteiger partial charge on any atom is -0.396 e. The number of hydrogen-bond acceptors (Lipinski definition) is 2. The zero-order valence-corrected chi connectivity index (χ0v) is 8.34. The Balaban J connectivity index is 1.80. The molecule has 2 N–H and O–H groups in total. The second-order valence-electron chi connectivity index (χ2n) is 4.70.